The molecule has 0 radical (unpaired) electrons. The smallest absolute Gasteiger partial charge is 0.262 e. The van der Waals surface area contributed by atoms with E-state index in [-0.39, 0.29) is 17.5 Å². The van der Waals surface area contributed by atoms with Crippen LogP contribution < -0.4 is 5.56 Å². The van der Waals surface area contributed by atoms with Crippen LogP contribution in [0.3, 0.4) is 0 Å². The maximum Gasteiger partial charge on any atom is 0.262 e. The number of nitrogens with zero attached hydrogens (tertiary/aromatic N) is 3. The monoisotopic (exact) mass is 276 g/mol. The van der Waals surface area contributed by atoms with Gasteiger partial charge in [0.05, 0.1) is 6.20 Å². The largest absolute Gasteiger partial charge is 0.310 e. The fraction of sp³-hybridized carbons (Fsp3) is 0.667. The number of fused-ring (bicyclic) bond motifs is 1. The lowest BCUT2D eigenvalue weighted by atomic mass is 10.0. The zero-order chi connectivity index (χ0) is 14.7. The number of hydrogen-bond donors (Lipinski definition) is 1. The summed E-state index contributed by atoms with van der Waals surface area (Å²) in [6.07, 6.45) is 6.25. The van der Waals surface area contributed by atoms with Crippen molar-refractivity contribution >= 4 is 11.0 Å². The predicted molar refractivity (Wildman–Crippen MR) is 81.1 cm³/mol. The van der Waals surface area contributed by atoms with Crippen LogP contribution in [-0.2, 0) is 0 Å². The molecule has 2 heterocycles. The van der Waals surface area contributed by atoms with Gasteiger partial charge in [-0.25, -0.2) is 9.67 Å². The van der Waals surface area contributed by atoms with Crippen LogP contribution in [0.15, 0.2) is 11.0 Å². The van der Waals surface area contributed by atoms with E-state index in [1.54, 1.807) is 6.20 Å². The van der Waals surface area contributed by atoms with Crippen molar-refractivity contribution in [2.75, 3.05) is 0 Å². The highest BCUT2D eigenvalue weighted by Gasteiger charge is 2.15. The maximum atomic E-state index is 12.1. The molecular formula is C15H24N4O. The summed E-state index contributed by atoms with van der Waals surface area (Å²) >= 11 is 0. The summed E-state index contributed by atoms with van der Waals surface area (Å²) in [6, 6.07) is 0.199. The Labute approximate surface area is 119 Å². The summed E-state index contributed by atoms with van der Waals surface area (Å²) in [7, 11) is 0. The number of H-pyrrole nitrogens is 1. The highest BCUT2D eigenvalue weighted by Crippen LogP contribution is 2.20. The molecule has 1 atom stereocenters. The third-order valence-electron chi connectivity index (χ3n) is 3.68. The van der Waals surface area contributed by atoms with Crippen LogP contribution in [0.25, 0.3) is 11.0 Å². The van der Waals surface area contributed by atoms with Gasteiger partial charge in [0.15, 0.2) is 5.65 Å². The van der Waals surface area contributed by atoms with Gasteiger partial charge < -0.3 is 4.98 Å². The average molecular weight is 276 g/mol. The third-order valence-corrected chi connectivity index (χ3v) is 3.68. The normalized spacial score (nSPS) is 13.2. The van der Waals surface area contributed by atoms with E-state index in [0.717, 1.165) is 12.2 Å². The van der Waals surface area contributed by atoms with Crippen LogP contribution >= 0.6 is 0 Å². The van der Waals surface area contributed by atoms with E-state index in [0.29, 0.717) is 11.0 Å². The number of aromatic nitrogens is 4. The van der Waals surface area contributed by atoms with Crippen molar-refractivity contribution in [2.45, 2.75) is 65.3 Å². The van der Waals surface area contributed by atoms with Gasteiger partial charge in [-0.1, -0.05) is 33.1 Å². The van der Waals surface area contributed by atoms with Crippen LogP contribution in [-0.4, -0.2) is 19.7 Å². The zero-order valence-electron chi connectivity index (χ0n) is 12.8. The van der Waals surface area contributed by atoms with Gasteiger partial charge in [0, 0.05) is 12.0 Å². The minimum atomic E-state index is -0.0840. The van der Waals surface area contributed by atoms with Gasteiger partial charge in [-0.15, -0.1) is 0 Å². The fourth-order valence-electron chi connectivity index (χ4n) is 2.40. The first kappa shape index (κ1) is 14.8. The lowest BCUT2D eigenvalue weighted by Gasteiger charge is -2.11. The first-order valence-electron chi connectivity index (χ1n) is 7.52. The molecule has 0 spiro atoms. The summed E-state index contributed by atoms with van der Waals surface area (Å²) < 4.78 is 1.81. The summed E-state index contributed by atoms with van der Waals surface area (Å²) in [6.45, 7) is 8.40. The lowest BCUT2D eigenvalue weighted by Crippen LogP contribution is -2.15. The second-order valence-electron chi connectivity index (χ2n) is 5.77. The van der Waals surface area contributed by atoms with Crippen molar-refractivity contribution in [2.24, 2.45) is 0 Å². The molecule has 0 saturated carbocycles. The Hall–Kier alpha value is -1.65. The Bertz CT molecular complexity index is 626. The van der Waals surface area contributed by atoms with Crippen molar-refractivity contribution in [3.8, 4) is 0 Å². The molecule has 1 unspecified atom stereocenters. The van der Waals surface area contributed by atoms with Crippen molar-refractivity contribution in [3.63, 3.8) is 0 Å². The van der Waals surface area contributed by atoms with E-state index in [2.05, 4.69) is 28.9 Å². The second-order valence-corrected chi connectivity index (χ2v) is 5.77. The van der Waals surface area contributed by atoms with Crippen LogP contribution in [0.1, 0.15) is 71.2 Å². The van der Waals surface area contributed by atoms with E-state index in [1.807, 2.05) is 18.5 Å². The molecule has 20 heavy (non-hydrogen) atoms. The summed E-state index contributed by atoms with van der Waals surface area (Å²) in [5.74, 6) is 1.05. The number of unbranched alkanes of at least 4 members (excludes halogenated alkanes) is 2. The van der Waals surface area contributed by atoms with Crippen LogP contribution in [0.4, 0.5) is 0 Å². The second kappa shape index (κ2) is 6.20. The number of rotatable bonds is 6. The molecule has 0 aromatic carbocycles. The van der Waals surface area contributed by atoms with E-state index < -0.39 is 0 Å². The molecule has 2 aromatic heterocycles. The van der Waals surface area contributed by atoms with Crippen LogP contribution in [0, 0.1) is 0 Å². The van der Waals surface area contributed by atoms with Gasteiger partial charge in [-0.2, -0.15) is 5.10 Å². The molecule has 0 aliphatic rings. The molecule has 1 N–H and O–H groups in total. The molecule has 0 aliphatic heterocycles. The van der Waals surface area contributed by atoms with Crippen molar-refractivity contribution in [1.82, 2.24) is 19.7 Å². The minimum Gasteiger partial charge on any atom is -0.310 e. The quantitative estimate of drug-likeness (QED) is 0.823. The standard InChI is InChI=1S/C15H24N4O/c1-5-6-7-8-11(4)13-17-14-12(15(20)18-13)9-16-19(14)10(2)3/h9-11H,5-8H2,1-4H3,(H,17,18,20). The Morgan fingerprint density at radius 1 is 1.30 bits per heavy atom. The molecule has 5 nitrogen and oxygen atoms in total. The first-order chi connectivity index (χ1) is 9.54. The molecule has 2 rings (SSSR count). The van der Waals surface area contributed by atoms with Crippen molar-refractivity contribution in [1.29, 1.82) is 0 Å². The van der Waals surface area contributed by atoms with E-state index in [9.17, 15) is 4.79 Å². The highest BCUT2D eigenvalue weighted by atomic mass is 16.1. The molecule has 5 heteroatoms. The third kappa shape index (κ3) is 2.92. The highest BCUT2D eigenvalue weighted by molar-refractivity contribution is 5.73. The average Bonchev–Trinajstić information content (AvgIpc) is 2.83. The SMILES string of the molecule is CCCCCC(C)c1nc2c(cnn2C(C)C)c(=O)[nH]1. The molecule has 110 valence electrons. The molecule has 0 amide bonds. The molecule has 0 fully saturated rings. The van der Waals surface area contributed by atoms with E-state index in [1.165, 1.54) is 19.3 Å². The molecule has 0 aliphatic carbocycles. The topological polar surface area (TPSA) is 63.6 Å². The zero-order valence-corrected chi connectivity index (χ0v) is 12.8. The summed E-state index contributed by atoms with van der Waals surface area (Å²) in [4.78, 5) is 19.7. The lowest BCUT2D eigenvalue weighted by molar-refractivity contribution is 0.540. The Morgan fingerprint density at radius 2 is 2.05 bits per heavy atom. The van der Waals surface area contributed by atoms with E-state index in [4.69, 9.17) is 0 Å². The number of aromatic amines is 1. The number of nitrogens with one attached hydrogen (secondary N) is 1. The summed E-state index contributed by atoms with van der Waals surface area (Å²) in [5, 5.41) is 4.84. The molecule has 0 saturated heterocycles. The minimum absolute atomic E-state index is 0.0840. The fourth-order valence-corrected chi connectivity index (χ4v) is 2.40. The number of hydrogen-bond acceptors (Lipinski definition) is 3. The summed E-state index contributed by atoms with van der Waals surface area (Å²) in [5.41, 5.74) is 0.611. The van der Waals surface area contributed by atoms with Crippen molar-refractivity contribution < 1.29 is 0 Å². The Morgan fingerprint density at radius 3 is 2.70 bits per heavy atom. The van der Waals surface area contributed by atoms with Crippen LogP contribution in [0.5, 0.6) is 0 Å². The first-order valence-corrected chi connectivity index (χ1v) is 7.52. The van der Waals surface area contributed by atoms with Gasteiger partial charge >= 0.3 is 0 Å². The van der Waals surface area contributed by atoms with Gasteiger partial charge in [0.25, 0.3) is 5.56 Å². The van der Waals surface area contributed by atoms with Gasteiger partial charge in [-0.3, -0.25) is 4.79 Å². The molecule has 2 aromatic rings. The van der Waals surface area contributed by atoms with Gasteiger partial charge in [-0.05, 0) is 20.3 Å². The Balaban J connectivity index is 2.35. The predicted octanol–water partition coefficient (Wildman–Crippen LogP) is 3.38. The molecular weight excluding hydrogens is 252 g/mol. The molecule has 0 bridgehead atoms. The maximum absolute atomic E-state index is 12.1. The van der Waals surface area contributed by atoms with Crippen LogP contribution in [0.2, 0.25) is 0 Å². The van der Waals surface area contributed by atoms with Gasteiger partial charge in [0.2, 0.25) is 0 Å². The van der Waals surface area contributed by atoms with Gasteiger partial charge in [0.1, 0.15) is 11.2 Å². The Kier molecular flexibility index (Phi) is 4.57. The van der Waals surface area contributed by atoms with E-state index >= 15 is 0 Å². The van der Waals surface area contributed by atoms with Crippen molar-refractivity contribution in [3.05, 3.63) is 22.4 Å².